The lowest BCUT2D eigenvalue weighted by molar-refractivity contribution is -0.128. The number of imide groups is 1. The summed E-state index contributed by atoms with van der Waals surface area (Å²) < 4.78 is 7.71. The summed E-state index contributed by atoms with van der Waals surface area (Å²) in [6.07, 6.45) is 1.28. The predicted octanol–water partition coefficient (Wildman–Crippen LogP) is 4.74. The summed E-state index contributed by atoms with van der Waals surface area (Å²) in [6, 6.07) is 15.1. The van der Waals surface area contributed by atoms with Gasteiger partial charge >= 0.3 is 12.0 Å². The number of para-hydroxylation sites is 1. The molecule has 35 heavy (non-hydrogen) atoms. The van der Waals surface area contributed by atoms with E-state index in [1.54, 1.807) is 17.0 Å². The average molecular weight is 474 g/mol. The second-order valence-electron chi connectivity index (χ2n) is 10.3. The number of esters is 1. The molecule has 1 saturated heterocycles. The highest BCUT2D eigenvalue weighted by Gasteiger charge is 2.48. The molecule has 2 aliphatic rings. The molecule has 5 rings (SSSR count). The predicted molar refractivity (Wildman–Crippen MR) is 133 cm³/mol. The summed E-state index contributed by atoms with van der Waals surface area (Å²) in [7, 11) is 0. The van der Waals surface area contributed by atoms with E-state index in [4.69, 9.17) is 4.74 Å². The minimum absolute atomic E-state index is 0.0861. The van der Waals surface area contributed by atoms with Gasteiger partial charge in [0.2, 0.25) is 0 Å². The van der Waals surface area contributed by atoms with E-state index in [-0.39, 0.29) is 17.9 Å². The molecule has 1 aromatic heterocycles. The number of amides is 3. The maximum atomic E-state index is 13.0. The summed E-state index contributed by atoms with van der Waals surface area (Å²) in [4.78, 5) is 41.5. The minimum atomic E-state index is -0.544. The molecule has 3 amide bonds. The highest BCUT2D eigenvalue weighted by Crippen LogP contribution is 2.37. The summed E-state index contributed by atoms with van der Waals surface area (Å²) in [5.74, 6) is -0.426. The number of rotatable bonds is 5. The van der Waals surface area contributed by atoms with Gasteiger partial charge in [-0.05, 0) is 56.5 Å². The van der Waals surface area contributed by atoms with Crippen LogP contribution in [-0.2, 0) is 29.0 Å². The van der Waals surface area contributed by atoms with Crippen LogP contribution < -0.4 is 0 Å². The number of hydrogen-bond donors (Lipinski definition) is 0. The lowest BCUT2D eigenvalue weighted by Gasteiger charge is -2.28. The molecule has 3 aromatic rings. The van der Waals surface area contributed by atoms with Gasteiger partial charge in [0.05, 0.1) is 12.1 Å². The molecule has 0 radical (unpaired) electrons. The molecule has 182 valence electrons. The molecule has 2 aliphatic heterocycles. The number of benzene rings is 2. The van der Waals surface area contributed by atoms with Gasteiger partial charge in [-0.3, -0.25) is 9.69 Å². The van der Waals surface area contributed by atoms with Crippen molar-refractivity contribution in [1.29, 1.82) is 0 Å². The summed E-state index contributed by atoms with van der Waals surface area (Å²) in [5, 5.41) is 1.13. The molecule has 1 atom stereocenters. The number of carbonyl (C=O) groups excluding carboxylic acids is 3. The quantitative estimate of drug-likeness (QED) is 0.396. The van der Waals surface area contributed by atoms with Crippen molar-refractivity contribution < 1.29 is 19.1 Å². The fourth-order valence-electron chi connectivity index (χ4n) is 5.14. The summed E-state index contributed by atoms with van der Waals surface area (Å²) in [6.45, 7) is 9.00. The van der Waals surface area contributed by atoms with Crippen molar-refractivity contribution in [3.63, 3.8) is 0 Å². The zero-order valence-electron chi connectivity index (χ0n) is 20.7. The van der Waals surface area contributed by atoms with Crippen LogP contribution in [0.1, 0.15) is 61.3 Å². The molecule has 7 nitrogen and oxygen atoms in total. The molecule has 7 heteroatoms. The fraction of sp³-hybridized carbons (Fsp3) is 0.393. The van der Waals surface area contributed by atoms with Gasteiger partial charge in [0.1, 0.15) is 11.6 Å². The number of fused-ring (bicyclic) bond motifs is 4. The van der Waals surface area contributed by atoms with Gasteiger partial charge in [-0.1, -0.05) is 37.3 Å². The molecule has 2 aromatic carbocycles. The molecular weight excluding hydrogens is 442 g/mol. The van der Waals surface area contributed by atoms with E-state index < -0.39 is 11.6 Å². The molecular formula is C28H31N3O4. The van der Waals surface area contributed by atoms with Gasteiger partial charge in [-0.2, -0.15) is 0 Å². The van der Waals surface area contributed by atoms with E-state index >= 15 is 0 Å². The van der Waals surface area contributed by atoms with E-state index in [0.29, 0.717) is 31.6 Å². The molecule has 0 N–H and O–H groups in total. The van der Waals surface area contributed by atoms with Crippen LogP contribution in [-0.4, -0.2) is 50.5 Å². The third-order valence-corrected chi connectivity index (χ3v) is 6.69. The number of aromatic nitrogens is 1. The van der Waals surface area contributed by atoms with Crippen LogP contribution in [0.15, 0.2) is 48.5 Å². The van der Waals surface area contributed by atoms with Gasteiger partial charge in [-0.25, -0.2) is 9.59 Å². The van der Waals surface area contributed by atoms with Gasteiger partial charge in [0, 0.05) is 36.1 Å². The number of carbonyl (C=O) groups is 3. The molecule has 0 saturated carbocycles. The monoisotopic (exact) mass is 473 g/mol. The van der Waals surface area contributed by atoms with Gasteiger partial charge in [-0.15, -0.1) is 0 Å². The Balaban J connectivity index is 1.47. The van der Waals surface area contributed by atoms with E-state index in [2.05, 4.69) is 16.7 Å². The third-order valence-electron chi connectivity index (χ3n) is 6.69. The van der Waals surface area contributed by atoms with Crippen molar-refractivity contribution in [2.24, 2.45) is 0 Å². The molecule has 0 spiro atoms. The van der Waals surface area contributed by atoms with Gasteiger partial charge < -0.3 is 14.2 Å². The number of ether oxygens (including phenoxy) is 1. The first-order valence-electron chi connectivity index (χ1n) is 12.2. The summed E-state index contributed by atoms with van der Waals surface area (Å²) in [5.41, 5.74) is 4.31. The maximum Gasteiger partial charge on any atom is 0.338 e. The topological polar surface area (TPSA) is 71.9 Å². The standard InChI is InChI=1S/C28H31N3O4/c1-5-14-29-25(32)23-15-21-20-8-6-7-9-22(20)30(24(21)17-31(23)27(29)34)16-18-10-12-19(13-11-18)26(33)35-28(2,3)4/h6-13,23H,5,14-17H2,1-4H3. The second kappa shape index (κ2) is 8.56. The lowest BCUT2D eigenvalue weighted by atomic mass is 9.97. The maximum absolute atomic E-state index is 13.0. The molecule has 0 aliphatic carbocycles. The van der Waals surface area contributed by atoms with Crippen molar-refractivity contribution in [3.8, 4) is 0 Å². The third kappa shape index (κ3) is 4.09. The fourth-order valence-corrected chi connectivity index (χ4v) is 5.14. The van der Waals surface area contributed by atoms with Crippen LogP contribution in [0.3, 0.4) is 0 Å². The zero-order valence-corrected chi connectivity index (χ0v) is 20.7. The molecule has 1 fully saturated rings. The van der Waals surface area contributed by atoms with E-state index in [0.717, 1.165) is 34.1 Å². The SMILES string of the molecule is CCCN1C(=O)C2Cc3c(n(Cc4ccc(C(=O)OC(C)(C)C)cc4)c4ccccc34)CN2C1=O. The Bertz CT molecular complexity index is 1320. The van der Waals surface area contributed by atoms with Crippen molar-refractivity contribution in [2.45, 2.75) is 65.3 Å². The van der Waals surface area contributed by atoms with Gasteiger partial charge in [0.15, 0.2) is 0 Å². The smallest absolute Gasteiger partial charge is 0.338 e. The van der Waals surface area contributed by atoms with Crippen molar-refractivity contribution in [2.75, 3.05) is 6.54 Å². The molecule has 1 unspecified atom stereocenters. The summed E-state index contributed by atoms with van der Waals surface area (Å²) >= 11 is 0. The van der Waals surface area contributed by atoms with Crippen LogP contribution in [0.5, 0.6) is 0 Å². The number of urea groups is 1. The van der Waals surface area contributed by atoms with Crippen LogP contribution in [0.25, 0.3) is 10.9 Å². The second-order valence-corrected chi connectivity index (χ2v) is 10.3. The Morgan fingerprint density at radius 1 is 1.06 bits per heavy atom. The minimum Gasteiger partial charge on any atom is -0.456 e. The highest BCUT2D eigenvalue weighted by molar-refractivity contribution is 6.05. The van der Waals surface area contributed by atoms with Gasteiger partial charge in [0.25, 0.3) is 5.91 Å². The van der Waals surface area contributed by atoms with Crippen LogP contribution >= 0.6 is 0 Å². The van der Waals surface area contributed by atoms with E-state index in [9.17, 15) is 14.4 Å². The highest BCUT2D eigenvalue weighted by atomic mass is 16.6. The molecule has 3 heterocycles. The number of nitrogens with zero attached hydrogens (tertiary/aromatic N) is 3. The first kappa shape index (κ1) is 23.1. The Kier molecular flexibility index (Phi) is 5.66. The molecule has 0 bridgehead atoms. The van der Waals surface area contributed by atoms with Crippen LogP contribution in [0, 0.1) is 0 Å². The van der Waals surface area contributed by atoms with Crippen molar-refractivity contribution in [1.82, 2.24) is 14.4 Å². The Morgan fingerprint density at radius 3 is 2.46 bits per heavy atom. The first-order chi connectivity index (χ1) is 16.7. The number of hydrogen-bond acceptors (Lipinski definition) is 4. The average Bonchev–Trinajstić information content (AvgIpc) is 3.24. The Hall–Kier alpha value is -3.61. The van der Waals surface area contributed by atoms with Crippen LogP contribution in [0.4, 0.5) is 4.79 Å². The van der Waals surface area contributed by atoms with Crippen molar-refractivity contribution in [3.05, 3.63) is 70.9 Å². The van der Waals surface area contributed by atoms with E-state index in [1.165, 1.54) is 4.90 Å². The van der Waals surface area contributed by atoms with Crippen molar-refractivity contribution >= 4 is 28.8 Å². The Labute approximate surface area is 205 Å². The van der Waals surface area contributed by atoms with E-state index in [1.807, 2.05) is 52.0 Å². The first-order valence-corrected chi connectivity index (χ1v) is 12.2. The largest absolute Gasteiger partial charge is 0.456 e. The lowest BCUT2D eigenvalue weighted by Crippen LogP contribution is -2.40. The normalized spacial score (nSPS) is 17.7. The Morgan fingerprint density at radius 2 is 1.77 bits per heavy atom. The van der Waals surface area contributed by atoms with Crippen LogP contribution in [0.2, 0.25) is 0 Å². The zero-order chi connectivity index (χ0) is 24.9.